The molecule has 2 saturated carbocycles. The molecule has 2 aliphatic carbocycles. The Hall–Kier alpha value is -2.85. The Morgan fingerprint density at radius 1 is 1.03 bits per heavy atom. The van der Waals surface area contributed by atoms with Crippen molar-refractivity contribution in [3.8, 4) is 0 Å². The highest BCUT2D eigenvalue weighted by atomic mass is 19.1. The average molecular weight is 495 g/mol. The molecule has 2 aromatic rings. The second-order valence-electron chi connectivity index (χ2n) is 10.7. The molecule has 3 aliphatic rings. The van der Waals surface area contributed by atoms with Crippen molar-refractivity contribution in [2.45, 2.75) is 56.8 Å². The third-order valence-electron chi connectivity index (χ3n) is 7.82. The van der Waals surface area contributed by atoms with Gasteiger partial charge >= 0.3 is 0 Å². The Morgan fingerprint density at radius 2 is 1.69 bits per heavy atom. The normalized spacial score (nSPS) is 26.4. The monoisotopic (exact) mass is 494 g/mol. The second kappa shape index (κ2) is 9.89. The van der Waals surface area contributed by atoms with Gasteiger partial charge in [-0.3, -0.25) is 15.0 Å². The Labute approximate surface area is 211 Å². The molecule has 2 amide bonds. The van der Waals surface area contributed by atoms with E-state index >= 15 is 0 Å². The van der Waals surface area contributed by atoms with E-state index in [2.05, 4.69) is 32.5 Å². The Balaban J connectivity index is 1.34. The van der Waals surface area contributed by atoms with Crippen LogP contribution in [0.1, 0.15) is 49.1 Å². The number of hydrazine groups is 1. The van der Waals surface area contributed by atoms with E-state index in [4.69, 9.17) is 5.73 Å². The molecule has 0 bridgehead atoms. The number of anilines is 2. The SMILES string of the molecule is CN(C)Cc1cc(NC(=O)C2(C(=O)Nc3ccc(F)cc3)CC2)ccc1C1CCCC2NNC(N)C21. The molecule has 0 radical (unpaired) electrons. The maximum atomic E-state index is 13.2. The van der Waals surface area contributed by atoms with Gasteiger partial charge in [0.2, 0.25) is 11.8 Å². The van der Waals surface area contributed by atoms with Gasteiger partial charge in [-0.1, -0.05) is 12.5 Å². The number of fused-ring (bicyclic) bond motifs is 1. The number of nitrogens with two attached hydrogens (primary N) is 1. The summed E-state index contributed by atoms with van der Waals surface area (Å²) < 4.78 is 13.2. The number of nitrogens with zero attached hydrogens (tertiary/aromatic N) is 1. The van der Waals surface area contributed by atoms with Gasteiger partial charge in [0.15, 0.2) is 0 Å². The molecule has 1 heterocycles. The zero-order valence-corrected chi connectivity index (χ0v) is 20.8. The van der Waals surface area contributed by atoms with Gasteiger partial charge in [-0.05, 0) is 93.2 Å². The lowest BCUT2D eigenvalue weighted by molar-refractivity contribution is -0.131. The highest BCUT2D eigenvalue weighted by Crippen LogP contribution is 2.48. The zero-order chi connectivity index (χ0) is 25.4. The standard InChI is InChI=1S/C27H35FN6O2/c1-34(2)15-16-14-19(10-11-20(16)21-4-3-5-22-23(21)24(29)33-32-22)31-26(36)27(12-13-27)25(35)30-18-8-6-17(28)7-9-18/h6-11,14,21-24,32-33H,3-5,12-13,15,29H2,1-2H3,(H,30,35)(H,31,36). The number of hydrogen-bond acceptors (Lipinski definition) is 6. The van der Waals surface area contributed by atoms with Crippen molar-refractivity contribution in [2.24, 2.45) is 17.1 Å². The minimum Gasteiger partial charge on any atom is -0.325 e. The van der Waals surface area contributed by atoms with Crippen molar-refractivity contribution >= 4 is 23.2 Å². The minimum absolute atomic E-state index is 0.0961. The molecule has 9 heteroatoms. The van der Waals surface area contributed by atoms with E-state index in [-0.39, 0.29) is 23.8 Å². The summed E-state index contributed by atoms with van der Waals surface area (Å²) in [6.45, 7) is 0.735. The lowest BCUT2D eigenvalue weighted by atomic mass is 9.71. The largest absolute Gasteiger partial charge is 0.325 e. The molecule has 0 aromatic heterocycles. The van der Waals surface area contributed by atoms with Crippen molar-refractivity contribution < 1.29 is 14.0 Å². The van der Waals surface area contributed by atoms with Gasteiger partial charge in [0.25, 0.3) is 0 Å². The topological polar surface area (TPSA) is 112 Å². The van der Waals surface area contributed by atoms with Crippen LogP contribution in [-0.4, -0.2) is 43.0 Å². The van der Waals surface area contributed by atoms with E-state index in [1.165, 1.54) is 29.8 Å². The Kier molecular flexibility index (Phi) is 6.82. The van der Waals surface area contributed by atoms with Crippen molar-refractivity contribution in [3.63, 3.8) is 0 Å². The summed E-state index contributed by atoms with van der Waals surface area (Å²) in [7, 11) is 4.06. The van der Waals surface area contributed by atoms with Gasteiger partial charge < -0.3 is 21.3 Å². The van der Waals surface area contributed by atoms with Crippen LogP contribution < -0.4 is 27.2 Å². The molecule has 2 aromatic carbocycles. The molecule has 8 nitrogen and oxygen atoms in total. The van der Waals surface area contributed by atoms with E-state index in [1.807, 2.05) is 26.2 Å². The highest BCUT2D eigenvalue weighted by Gasteiger charge is 2.56. The quantitative estimate of drug-likeness (QED) is 0.379. The van der Waals surface area contributed by atoms with Crippen molar-refractivity contribution in [1.82, 2.24) is 15.8 Å². The Bertz CT molecular complexity index is 1130. The fourth-order valence-corrected chi connectivity index (χ4v) is 5.79. The number of nitrogens with one attached hydrogen (secondary N) is 4. The molecule has 36 heavy (non-hydrogen) atoms. The summed E-state index contributed by atoms with van der Waals surface area (Å²) >= 11 is 0. The molecule has 6 N–H and O–H groups in total. The minimum atomic E-state index is -1.10. The highest BCUT2D eigenvalue weighted by molar-refractivity contribution is 6.16. The first kappa shape index (κ1) is 24.8. The van der Waals surface area contributed by atoms with Gasteiger partial charge in [0, 0.05) is 29.9 Å². The summed E-state index contributed by atoms with van der Waals surface area (Å²) in [5.41, 5.74) is 15.5. The van der Waals surface area contributed by atoms with Crippen molar-refractivity contribution in [1.29, 1.82) is 0 Å². The van der Waals surface area contributed by atoms with Crippen LogP contribution >= 0.6 is 0 Å². The molecular weight excluding hydrogens is 459 g/mol. The zero-order valence-electron chi connectivity index (χ0n) is 20.8. The van der Waals surface area contributed by atoms with Crippen LogP contribution in [0.5, 0.6) is 0 Å². The molecule has 192 valence electrons. The van der Waals surface area contributed by atoms with Crippen LogP contribution in [0.3, 0.4) is 0 Å². The van der Waals surface area contributed by atoms with Gasteiger partial charge in [-0.2, -0.15) is 0 Å². The predicted molar refractivity (Wildman–Crippen MR) is 137 cm³/mol. The fourth-order valence-electron chi connectivity index (χ4n) is 5.79. The number of hydrogen-bond donors (Lipinski definition) is 5. The lowest BCUT2D eigenvalue weighted by Gasteiger charge is -2.36. The second-order valence-corrected chi connectivity index (χ2v) is 10.7. The van der Waals surface area contributed by atoms with Gasteiger partial charge in [0.05, 0.1) is 6.17 Å². The van der Waals surface area contributed by atoms with Crippen LogP contribution in [0, 0.1) is 17.2 Å². The van der Waals surface area contributed by atoms with Crippen LogP contribution in [-0.2, 0) is 16.1 Å². The third-order valence-corrected chi connectivity index (χ3v) is 7.82. The number of carbonyl (C=O) groups is 2. The summed E-state index contributed by atoms with van der Waals surface area (Å²) in [6, 6.07) is 12.0. The van der Waals surface area contributed by atoms with E-state index in [0.29, 0.717) is 42.1 Å². The average Bonchev–Trinajstić information content (AvgIpc) is 3.58. The number of rotatable bonds is 7. The van der Waals surface area contributed by atoms with Gasteiger partial charge in [0.1, 0.15) is 11.2 Å². The molecular formula is C27H35FN6O2. The van der Waals surface area contributed by atoms with Gasteiger partial charge in [-0.25, -0.2) is 9.82 Å². The lowest BCUT2D eigenvalue weighted by Crippen LogP contribution is -2.41. The van der Waals surface area contributed by atoms with Crippen LogP contribution in [0.15, 0.2) is 42.5 Å². The maximum Gasteiger partial charge on any atom is 0.240 e. The first-order valence-electron chi connectivity index (χ1n) is 12.7. The van der Waals surface area contributed by atoms with Crippen LogP contribution in [0.25, 0.3) is 0 Å². The van der Waals surface area contributed by atoms with Gasteiger partial charge in [-0.15, -0.1) is 0 Å². The number of halogens is 1. The smallest absolute Gasteiger partial charge is 0.240 e. The number of carbonyl (C=O) groups excluding carboxylic acids is 2. The fraction of sp³-hybridized carbons (Fsp3) is 0.481. The molecule has 1 aliphatic heterocycles. The van der Waals surface area contributed by atoms with Crippen molar-refractivity contribution in [3.05, 3.63) is 59.4 Å². The third kappa shape index (κ3) is 4.88. The number of amides is 2. The summed E-state index contributed by atoms with van der Waals surface area (Å²) in [6.07, 6.45) is 4.20. The summed E-state index contributed by atoms with van der Waals surface area (Å²) in [5, 5.41) is 5.75. The molecule has 4 unspecified atom stereocenters. The predicted octanol–water partition coefficient (Wildman–Crippen LogP) is 2.89. The first-order valence-corrected chi connectivity index (χ1v) is 12.7. The summed E-state index contributed by atoms with van der Waals surface area (Å²) in [5.74, 6) is -0.410. The number of benzene rings is 2. The van der Waals surface area contributed by atoms with E-state index in [0.717, 1.165) is 31.4 Å². The molecule has 3 fully saturated rings. The van der Waals surface area contributed by atoms with E-state index < -0.39 is 5.41 Å². The molecule has 5 rings (SSSR count). The summed E-state index contributed by atoms with van der Waals surface area (Å²) in [4.78, 5) is 28.3. The van der Waals surface area contributed by atoms with Crippen molar-refractivity contribution in [2.75, 3.05) is 24.7 Å². The van der Waals surface area contributed by atoms with E-state index in [9.17, 15) is 14.0 Å². The maximum absolute atomic E-state index is 13.2. The van der Waals surface area contributed by atoms with E-state index in [1.54, 1.807) is 0 Å². The first-order chi connectivity index (χ1) is 17.3. The van der Waals surface area contributed by atoms with Crippen LogP contribution in [0.2, 0.25) is 0 Å². The molecule has 0 spiro atoms. The molecule has 4 atom stereocenters. The van der Waals surface area contributed by atoms with Crippen LogP contribution in [0.4, 0.5) is 15.8 Å². The Morgan fingerprint density at radius 3 is 2.36 bits per heavy atom. The molecule has 1 saturated heterocycles.